The summed E-state index contributed by atoms with van der Waals surface area (Å²) in [6.45, 7) is 4.29. The van der Waals surface area contributed by atoms with E-state index in [1.807, 2.05) is 0 Å². The Balaban J connectivity index is 3.10. The quantitative estimate of drug-likeness (QED) is 0.634. The number of carbonyl (C=O) groups is 1. The van der Waals surface area contributed by atoms with Gasteiger partial charge < -0.3 is 5.11 Å². The number of hydrogen-bond donors (Lipinski definition) is 1. The molecule has 0 saturated heterocycles. The van der Waals surface area contributed by atoms with E-state index in [2.05, 4.69) is 6.58 Å². The van der Waals surface area contributed by atoms with Crippen LogP contribution in [0, 0.1) is 0 Å². The summed E-state index contributed by atoms with van der Waals surface area (Å²) >= 11 is 0. The molecule has 0 aromatic heterocycles. The van der Waals surface area contributed by atoms with Crippen LogP contribution < -0.4 is 0 Å². The van der Waals surface area contributed by atoms with Gasteiger partial charge in [0, 0.05) is 12.0 Å². The van der Waals surface area contributed by atoms with Gasteiger partial charge in [0.15, 0.2) is 5.60 Å². The maximum atomic E-state index is 13.7. The fourth-order valence-electron chi connectivity index (χ4n) is 1.48. The van der Waals surface area contributed by atoms with Crippen LogP contribution in [0.4, 0.5) is 8.78 Å². The molecule has 1 aromatic rings. The number of carbonyl (C=O) groups excluding carboxylic acids is 1. The summed E-state index contributed by atoms with van der Waals surface area (Å²) in [6.07, 6.45) is 1.06. The molecule has 1 aromatic carbocycles. The lowest BCUT2D eigenvalue weighted by Crippen LogP contribution is -2.42. The minimum Gasteiger partial charge on any atom is -0.379 e. The summed E-state index contributed by atoms with van der Waals surface area (Å²) in [5, 5.41) is 9.92. The summed E-state index contributed by atoms with van der Waals surface area (Å²) in [6, 6.07) is 5.42. The van der Waals surface area contributed by atoms with Gasteiger partial charge in [-0.3, -0.25) is 4.79 Å². The second-order valence-corrected chi connectivity index (χ2v) is 4.01. The molecular weight excluding hydrogens is 226 g/mol. The maximum absolute atomic E-state index is 13.7. The van der Waals surface area contributed by atoms with E-state index in [1.165, 1.54) is 24.3 Å². The topological polar surface area (TPSA) is 37.3 Å². The smallest absolute Gasteiger partial charge is 0.283 e. The van der Waals surface area contributed by atoms with Gasteiger partial charge in [-0.1, -0.05) is 30.3 Å². The molecule has 0 radical (unpaired) electrons. The summed E-state index contributed by atoms with van der Waals surface area (Å²) in [5.74, 6) is -3.31. The highest BCUT2D eigenvalue weighted by Crippen LogP contribution is 2.39. The molecular formula is C13H14F2O2. The van der Waals surface area contributed by atoms with Crippen molar-refractivity contribution in [2.24, 2.45) is 0 Å². The highest BCUT2D eigenvalue weighted by atomic mass is 19.3. The third-order valence-electron chi connectivity index (χ3n) is 2.72. The molecule has 4 heteroatoms. The van der Waals surface area contributed by atoms with Gasteiger partial charge in [0.1, 0.15) is 6.29 Å². The molecule has 0 heterocycles. The summed E-state index contributed by atoms with van der Waals surface area (Å²) in [7, 11) is 0. The third kappa shape index (κ3) is 2.58. The van der Waals surface area contributed by atoms with Gasteiger partial charge in [-0.05, 0) is 12.5 Å². The molecule has 1 unspecified atom stereocenters. The number of aliphatic hydroxyl groups is 1. The molecule has 17 heavy (non-hydrogen) atoms. The van der Waals surface area contributed by atoms with Crippen LogP contribution in [0.15, 0.2) is 36.9 Å². The van der Waals surface area contributed by atoms with Crippen LogP contribution in [-0.4, -0.2) is 17.3 Å². The predicted octanol–water partition coefficient (Wildman–Crippen LogP) is 2.92. The molecule has 0 spiro atoms. The van der Waals surface area contributed by atoms with Crippen molar-refractivity contribution in [3.8, 4) is 0 Å². The molecule has 0 bridgehead atoms. The zero-order valence-electron chi connectivity index (χ0n) is 9.49. The fourth-order valence-corrected chi connectivity index (χ4v) is 1.48. The van der Waals surface area contributed by atoms with E-state index in [4.69, 9.17) is 0 Å². The Labute approximate surface area is 98.6 Å². The Morgan fingerprint density at radius 1 is 1.35 bits per heavy atom. The lowest BCUT2D eigenvalue weighted by molar-refractivity contribution is -0.175. The molecule has 1 rings (SSSR count). The first-order valence-electron chi connectivity index (χ1n) is 5.12. The maximum Gasteiger partial charge on any atom is 0.283 e. The molecule has 0 fully saturated rings. The molecule has 0 amide bonds. The Kier molecular flexibility index (Phi) is 3.78. The number of hydrogen-bond acceptors (Lipinski definition) is 2. The van der Waals surface area contributed by atoms with Gasteiger partial charge in [-0.25, -0.2) is 8.78 Å². The van der Waals surface area contributed by atoms with Crippen LogP contribution in [0.1, 0.15) is 29.3 Å². The number of benzene rings is 1. The first-order valence-corrected chi connectivity index (χ1v) is 5.12. The van der Waals surface area contributed by atoms with Crippen molar-refractivity contribution in [1.29, 1.82) is 0 Å². The van der Waals surface area contributed by atoms with Crippen LogP contribution in [0.3, 0.4) is 0 Å². The molecule has 1 atom stereocenters. The average molecular weight is 240 g/mol. The third-order valence-corrected chi connectivity index (χ3v) is 2.72. The van der Waals surface area contributed by atoms with Crippen molar-refractivity contribution >= 4 is 6.29 Å². The van der Waals surface area contributed by atoms with Crippen LogP contribution in [0.2, 0.25) is 0 Å². The monoisotopic (exact) mass is 240 g/mol. The Morgan fingerprint density at radius 2 is 1.88 bits per heavy atom. The Hall–Kier alpha value is -1.55. The minimum atomic E-state index is -3.31. The zero-order valence-corrected chi connectivity index (χ0v) is 9.49. The van der Waals surface area contributed by atoms with Gasteiger partial charge in [0.05, 0.1) is 0 Å². The summed E-state index contributed by atoms with van der Waals surface area (Å²) < 4.78 is 27.4. The predicted molar refractivity (Wildman–Crippen MR) is 61.2 cm³/mol. The molecule has 0 aliphatic heterocycles. The van der Waals surface area contributed by atoms with Crippen LogP contribution in [0.5, 0.6) is 0 Å². The van der Waals surface area contributed by atoms with Crippen molar-refractivity contribution in [2.75, 3.05) is 0 Å². The molecule has 0 aliphatic carbocycles. The zero-order chi connectivity index (χ0) is 13.1. The number of halogens is 2. The van der Waals surface area contributed by atoms with Gasteiger partial charge >= 0.3 is 0 Å². The first-order chi connectivity index (χ1) is 7.85. The number of allylic oxidation sites excluding steroid dienone is 1. The van der Waals surface area contributed by atoms with Gasteiger partial charge in [0.2, 0.25) is 0 Å². The van der Waals surface area contributed by atoms with Crippen LogP contribution in [-0.2, 0) is 5.60 Å². The van der Waals surface area contributed by atoms with E-state index in [1.54, 1.807) is 0 Å². The van der Waals surface area contributed by atoms with E-state index in [0.717, 1.165) is 13.0 Å². The van der Waals surface area contributed by atoms with Gasteiger partial charge in [0.25, 0.3) is 5.92 Å². The average Bonchev–Trinajstić information content (AvgIpc) is 2.29. The number of aldehydes is 1. The SMILES string of the molecule is C=CCC(F)(F)C(C)(O)c1ccc(C=O)cc1. The standard InChI is InChI=1S/C13H14F2O2/c1-3-8-13(14,15)12(2,17)11-6-4-10(9-16)5-7-11/h3-7,9,17H,1,8H2,2H3. The highest BCUT2D eigenvalue weighted by Gasteiger charge is 2.48. The Bertz CT molecular complexity index is 408. The minimum absolute atomic E-state index is 0.0648. The van der Waals surface area contributed by atoms with Crippen LogP contribution in [0.25, 0.3) is 0 Å². The van der Waals surface area contributed by atoms with Crippen molar-refractivity contribution in [2.45, 2.75) is 24.9 Å². The number of alkyl halides is 2. The Morgan fingerprint density at radius 3 is 2.29 bits per heavy atom. The normalized spacial score (nSPS) is 15.1. The van der Waals surface area contributed by atoms with Gasteiger partial charge in [-0.15, -0.1) is 6.58 Å². The molecule has 1 N–H and O–H groups in total. The van der Waals surface area contributed by atoms with Crippen molar-refractivity contribution in [3.05, 3.63) is 48.0 Å². The lowest BCUT2D eigenvalue weighted by atomic mass is 9.87. The first kappa shape index (κ1) is 13.5. The second kappa shape index (κ2) is 4.75. The van der Waals surface area contributed by atoms with E-state index in [-0.39, 0.29) is 5.56 Å². The second-order valence-electron chi connectivity index (χ2n) is 4.01. The lowest BCUT2D eigenvalue weighted by Gasteiger charge is -2.32. The van der Waals surface area contributed by atoms with E-state index in [0.29, 0.717) is 11.8 Å². The van der Waals surface area contributed by atoms with E-state index < -0.39 is 17.9 Å². The number of rotatable bonds is 5. The summed E-state index contributed by atoms with van der Waals surface area (Å²) in [4.78, 5) is 10.4. The fraction of sp³-hybridized carbons (Fsp3) is 0.308. The highest BCUT2D eigenvalue weighted by molar-refractivity contribution is 5.74. The summed E-state index contributed by atoms with van der Waals surface area (Å²) in [5.41, 5.74) is -1.85. The molecule has 92 valence electrons. The molecule has 0 aliphatic rings. The van der Waals surface area contributed by atoms with Crippen molar-refractivity contribution in [3.63, 3.8) is 0 Å². The van der Waals surface area contributed by atoms with Gasteiger partial charge in [-0.2, -0.15) is 0 Å². The van der Waals surface area contributed by atoms with Crippen molar-refractivity contribution < 1.29 is 18.7 Å². The molecule has 2 nitrogen and oxygen atoms in total. The van der Waals surface area contributed by atoms with E-state index >= 15 is 0 Å². The largest absolute Gasteiger partial charge is 0.379 e. The van der Waals surface area contributed by atoms with Crippen molar-refractivity contribution in [1.82, 2.24) is 0 Å². The molecule has 0 saturated carbocycles. The van der Waals surface area contributed by atoms with E-state index in [9.17, 15) is 18.7 Å². The van der Waals surface area contributed by atoms with Crippen LogP contribution >= 0.6 is 0 Å².